The van der Waals surface area contributed by atoms with E-state index in [4.69, 9.17) is 0 Å². The van der Waals surface area contributed by atoms with Gasteiger partial charge in [0, 0.05) is 24.5 Å². The first-order valence-electron chi connectivity index (χ1n) is 9.97. The summed E-state index contributed by atoms with van der Waals surface area (Å²) in [5, 5.41) is 35.5. The molecule has 0 aromatic heterocycles. The molecule has 3 aromatic carbocycles. The Morgan fingerprint density at radius 2 is 1.56 bits per heavy atom. The van der Waals surface area contributed by atoms with E-state index in [0.717, 1.165) is 28.3 Å². The van der Waals surface area contributed by atoms with E-state index in [-0.39, 0.29) is 23.6 Å². The van der Waals surface area contributed by atoms with Crippen LogP contribution < -0.4 is 10.4 Å². The third kappa shape index (κ3) is 3.95. The molecule has 0 saturated carbocycles. The van der Waals surface area contributed by atoms with Gasteiger partial charge in [0.1, 0.15) is 6.10 Å². The van der Waals surface area contributed by atoms with E-state index in [2.05, 4.69) is 5.32 Å². The minimum atomic E-state index is -1.77. The molecule has 0 heterocycles. The second kappa shape index (κ2) is 8.60. The Morgan fingerprint density at radius 3 is 2.12 bits per heavy atom. The van der Waals surface area contributed by atoms with Crippen LogP contribution >= 0.6 is 0 Å². The van der Waals surface area contributed by atoms with Gasteiger partial charge in [0.2, 0.25) is 5.91 Å². The maximum absolute atomic E-state index is 12.8. The van der Waals surface area contributed by atoms with E-state index in [1.807, 2.05) is 48.5 Å². The second-order valence-corrected chi connectivity index (χ2v) is 7.59. The molecule has 8 heteroatoms. The van der Waals surface area contributed by atoms with Gasteiger partial charge < -0.3 is 20.3 Å². The third-order valence-electron chi connectivity index (χ3n) is 5.66. The van der Waals surface area contributed by atoms with Gasteiger partial charge in [0.15, 0.2) is 0 Å². The highest BCUT2D eigenvalue weighted by Gasteiger charge is 2.31. The molecule has 0 saturated heterocycles. The number of nitrogens with zero attached hydrogens (tertiary/aromatic N) is 1. The quantitative estimate of drug-likeness (QED) is 0.435. The molecular weight excluding hydrogens is 412 g/mol. The number of aliphatic carboxylic acids is 1. The summed E-state index contributed by atoms with van der Waals surface area (Å²) in [5.41, 5.74) is 3.67. The van der Waals surface area contributed by atoms with E-state index in [1.165, 1.54) is 18.2 Å². The number of non-ortho nitro benzene ring substituents is 1. The number of rotatable bonds is 7. The summed E-state index contributed by atoms with van der Waals surface area (Å²) < 4.78 is 0. The fourth-order valence-electron chi connectivity index (χ4n) is 4.18. The Morgan fingerprint density at radius 1 is 0.969 bits per heavy atom. The van der Waals surface area contributed by atoms with Crippen molar-refractivity contribution in [3.63, 3.8) is 0 Å². The minimum Gasteiger partial charge on any atom is -0.548 e. The number of fused-ring (bicyclic) bond motifs is 3. The first-order valence-corrected chi connectivity index (χ1v) is 9.97. The van der Waals surface area contributed by atoms with E-state index >= 15 is 0 Å². The van der Waals surface area contributed by atoms with Crippen LogP contribution in [0.4, 0.5) is 5.69 Å². The molecule has 1 aliphatic carbocycles. The van der Waals surface area contributed by atoms with Crippen LogP contribution in [0.15, 0.2) is 72.8 Å². The van der Waals surface area contributed by atoms with Crippen LogP contribution in [0, 0.1) is 10.1 Å². The molecule has 0 fully saturated rings. The molecule has 162 valence electrons. The van der Waals surface area contributed by atoms with Gasteiger partial charge in [-0.3, -0.25) is 14.9 Å². The zero-order valence-corrected chi connectivity index (χ0v) is 16.8. The van der Waals surface area contributed by atoms with E-state index in [9.17, 15) is 29.9 Å². The number of carbonyl (C=O) groups is 2. The summed E-state index contributed by atoms with van der Waals surface area (Å²) in [6.07, 6.45) is -1.74. The molecule has 8 nitrogen and oxygen atoms in total. The van der Waals surface area contributed by atoms with Crippen molar-refractivity contribution in [3.8, 4) is 11.1 Å². The second-order valence-electron chi connectivity index (χ2n) is 7.59. The highest BCUT2D eigenvalue weighted by molar-refractivity contribution is 5.87. The molecule has 0 aliphatic heterocycles. The lowest BCUT2D eigenvalue weighted by Crippen LogP contribution is -2.51. The van der Waals surface area contributed by atoms with Crippen LogP contribution in [0.1, 0.15) is 35.1 Å². The number of nitro benzene ring substituents is 1. The van der Waals surface area contributed by atoms with Gasteiger partial charge in [-0.15, -0.1) is 0 Å². The van der Waals surface area contributed by atoms with E-state index < -0.39 is 28.9 Å². The van der Waals surface area contributed by atoms with Gasteiger partial charge in [-0.05, 0) is 27.8 Å². The van der Waals surface area contributed by atoms with Crippen LogP contribution in [-0.4, -0.2) is 27.9 Å². The lowest BCUT2D eigenvalue weighted by atomic mass is 9.93. The number of aliphatic hydroxyl groups excluding tert-OH is 1. The molecule has 0 spiro atoms. The zero-order valence-electron chi connectivity index (χ0n) is 16.8. The van der Waals surface area contributed by atoms with Crippen molar-refractivity contribution in [2.24, 2.45) is 0 Å². The van der Waals surface area contributed by atoms with Gasteiger partial charge in [0.05, 0.1) is 16.9 Å². The van der Waals surface area contributed by atoms with Gasteiger partial charge >= 0.3 is 0 Å². The predicted octanol–water partition coefficient (Wildman–Crippen LogP) is 2.07. The third-order valence-corrected chi connectivity index (χ3v) is 5.66. The summed E-state index contributed by atoms with van der Waals surface area (Å²) in [6.45, 7) is 0. The number of carbonyl (C=O) groups excluding carboxylic acids is 2. The van der Waals surface area contributed by atoms with Crippen molar-refractivity contribution in [1.29, 1.82) is 0 Å². The van der Waals surface area contributed by atoms with E-state index in [0.29, 0.717) is 0 Å². The molecule has 4 rings (SSSR count). The Balaban J connectivity index is 1.55. The SMILES string of the molecule is O=C(CC1c2ccccc2-c2ccccc21)NC(C(=O)[O-])C(O)c1cccc([N+](=O)[O-])c1. The molecule has 3 aromatic rings. The van der Waals surface area contributed by atoms with Crippen LogP contribution in [0.2, 0.25) is 0 Å². The largest absolute Gasteiger partial charge is 0.548 e. The molecule has 0 bridgehead atoms. The van der Waals surface area contributed by atoms with Gasteiger partial charge in [-0.2, -0.15) is 0 Å². The maximum atomic E-state index is 12.8. The molecule has 2 unspecified atom stereocenters. The molecular formula is C24H19N2O6-. The van der Waals surface area contributed by atoms with Crippen LogP contribution in [0.3, 0.4) is 0 Å². The zero-order chi connectivity index (χ0) is 22.8. The first-order chi connectivity index (χ1) is 15.4. The number of benzene rings is 3. The summed E-state index contributed by atoms with van der Waals surface area (Å²) in [7, 11) is 0. The fraction of sp³-hybridized carbons (Fsp3) is 0.167. The average molecular weight is 431 g/mol. The summed E-state index contributed by atoms with van der Waals surface area (Å²) in [5.74, 6) is -2.54. The van der Waals surface area contributed by atoms with Crippen molar-refractivity contribution in [2.75, 3.05) is 0 Å². The molecule has 1 aliphatic rings. The standard InChI is InChI=1S/C24H20N2O6/c27-21(13-20-18-10-3-1-8-16(18)17-9-2-4-11-19(17)20)25-22(24(29)30)23(28)14-6-5-7-15(12-14)26(31)32/h1-12,20,22-23,28H,13H2,(H,25,27)(H,29,30)/p-1. The number of nitro groups is 1. The smallest absolute Gasteiger partial charge is 0.269 e. The number of carboxylic acids is 1. The van der Waals surface area contributed by atoms with Crippen LogP contribution in [0.25, 0.3) is 11.1 Å². The summed E-state index contributed by atoms with van der Waals surface area (Å²) in [4.78, 5) is 34.8. The lowest BCUT2D eigenvalue weighted by molar-refractivity contribution is -0.385. The summed E-state index contributed by atoms with van der Waals surface area (Å²) >= 11 is 0. The number of hydrogen-bond donors (Lipinski definition) is 2. The van der Waals surface area contributed by atoms with Gasteiger partial charge in [-0.25, -0.2) is 0 Å². The van der Waals surface area contributed by atoms with Gasteiger partial charge in [-0.1, -0.05) is 60.7 Å². The topological polar surface area (TPSA) is 133 Å². The monoisotopic (exact) mass is 431 g/mol. The molecule has 1 amide bonds. The minimum absolute atomic E-state index is 0.00902. The molecule has 2 atom stereocenters. The van der Waals surface area contributed by atoms with Crippen LogP contribution in [-0.2, 0) is 9.59 Å². The Labute approximate surface area is 183 Å². The normalized spacial score (nSPS) is 14.2. The van der Waals surface area contributed by atoms with Crippen molar-refractivity contribution in [1.82, 2.24) is 5.32 Å². The average Bonchev–Trinajstić information content (AvgIpc) is 3.11. The lowest BCUT2D eigenvalue weighted by Gasteiger charge is -2.26. The molecule has 2 N–H and O–H groups in total. The number of carboxylic acid groups (broad SMARTS) is 1. The first kappa shape index (κ1) is 21.2. The fourth-order valence-corrected chi connectivity index (χ4v) is 4.18. The molecule has 0 radical (unpaired) electrons. The number of amides is 1. The van der Waals surface area contributed by atoms with Crippen molar-refractivity contribution >= 4 is 17.6 Å². The Kier molecular flexibility index (Phi) is 5.70. The van der Waals surface area contributed by atoms with Crippen molar-refractivity contribution in [3.05, 3.63) is 99.6 Å². The highest BCUT2D eigenvalue weighted by atomic mass is 16.6. The Bertz CT molecular complexity index is 1160. The van der Waals surface area contributed by atoms with E-state index in [1.54, 1.807) is 0 Å². The summed E-state index contributed by atoms with van der Waals surface area (Å²) in [6, 6.07) is 18.6. The number of aliphatic hydroxyl groups is 1. The highest BCUT2D eigenvalue weighted by Crippen LogP contribution is 2.46. The van der Waals surface area contributed by atoms with Crippen molar-refractivity contribution < 1.29 is 24.7 Å². The molecule has 32 heavy (non-hydrogen) atoms. The Hall–Kier alpha value is -4.04. The van der Waals surface area contributed by atoms with Crippen molar-refractivity contribution in [2.45, 2.75) is 24.5 Å². The van der Waals surface area contributed by atoms with Gasteiger partial charge in [0.25, 0.3) is 5.69 Å². The predicted molar refractivity (Wildman–Crippen MR) is 113 cm³/mol. The number of hydrogen-bond acceptors (Lipinski definition) is 6. The van der Waals surface area contributed by atoms with Crippen LogP contribution in [0.5, 0.6) is 0 Å². The number of nitrogens with one attached hydrogen (secondary N) is 1. The maximum Gasteiger partial charge on any atom is 0.269 e.